The number of anilines is 1. The molecule has 2 aromatic carbocycles. The highest BCUT2D eigenvalue weighted by Gasteiger charge is 2.34. The first-order valence-corrected chi connectivity index (χ1v) is 8.88. The van der Waals surface area contributed by atoms with Gasteiger partial charge in [-0.15, -0.1) is 0 Å². The van der Waals surface area contributed by atoms with E-state index in [-0.39, 0.29) is 10.7 Å². The SMILES string of the molecule is CC(C(=O)Nc1ccc(Cl)cc1C(F)(F)F)N(C)Cc1ccccc1Br. The molecule has 0 aliphatic heterocycles. The van der Waals surface area contributed by atoms with Gasteiger partial charge in [-0.3, -0.25) is 9.69 Å². The molecule has 140 valence electrons. The molecule has 2 aromatic rings. The number of hydrogen-bond acceptors (Lipinski definition) is 2. The summed E-state index contributed by atoms with van der Waals surface area (Å²) in [6.45, 7) is 2.10. The number of halogens is 5. The van der Waals surface area contributed by atoms with Crippen molar-refractivity contribution in [1.82, 2.24) is 4.90 Å². The second-order valence-electron chi connectivity index (χ2n) is 5.86. The van der Waals surface area contributed by atoms with E-state index in [4.69, 9.17) is 11.6 Å². The molecule has 1 N–H and O–H groups in total. The third-order valence-corrected chi connectivity index (χ3v) is 4.97. The second-order valence-corrected chi connectivity index (χ2v) is 7.15. The molecular formula is C18H17BrClF3N2O. The highest BCUT2D eigenvalue weighted by atomic mass is 79.9. The van der Waals surface area contributed by atoms with Gasteiger partial charge in [-0.05, 0) is 43.8 Å². The lowest BCUT2D eigenvalue weighted by Gasteiger charge is -2.25. The van der Waals surface area contributed by atoms with Crippen LogP contribution in [-0.2, 0) is 17.5 Å². The number of carbonyl (C=O) groups excluding carboxylic acids is 1. The van der Waals surface area contributed by atoms with E-state index in [1.54, 1.807) is 18.9 Å². The van der Waals surface area contributed by atoms with Crippen molar-refractivity contribution < 1.29 is 18.0 Å². The third kappa shape index (κ3) is 5.22. The summed E-state index contributed by atoms with van der Waals surface area (Å²) in [6.07, 6.45) is -4.61. The molecule has 0 radical (unpaired) electrons. The summed E-state index contributed by atoms with van der Waals surface area (Å²) in [6, 6.07) is 10.2. The van der Waals surface area contributed by atoms with Crippen LogP contribution in [0.3, 0.4) is 0 Å². The van der Waals surface area contributed by atoms with E-state index in [0.29, 0.717) is 6.54 Å². The Morgan fingerprint density at radius 3 is 2.54 bits per heavy atom. The lowest BCUT2D eigenvalue weighted by Crippen LogP contribution is -2.39. The van der Waals surface area contributed by atoms with E-state index in [2.05, 4.69) is 21.2 Å². The van der Waals surface area contributed by atoms with E-state index in [9.17, 15) is 18.0 Å². The van der Waals surface area contributed by atoms with Gasteiger partial charge in [0.25, 0.3) is 0 Å². The molecule has 0 heterocycles. The molecule has 0 aliphatic rings. The zero-order valence-electron chi connectivity index (χ0n) is 14.1. The smallest absolute Gasteiger partial charge is 0.324 e. The first-order valence-electron chi connectivity index (χ1n) is 7.71. The Morgan fingerprint density at radius 1 is 1.27 bits per heavy atom. The molecule has 2 rings (SSSR count). The van der Waals surface area contributed by atoms with Crippen LogP contribution >= 0.6 is 27.5 Å². The predicted molar refractivity (Wildman–Crippen MR) is 100 cm³/mol. The molecule has 0 aromatic heterocycles. The Balaban J connectivity index is 2.13. The van der Waals surface area contributed by atoms with Crippen molar-refractivity contribution in [3.05, 3.63) is 63.1 Å². The van der Waals surface area contributed by atoms with Gasteiger partial charge in [0.2, 0.25) is 5.91 Å². The average Bonchev–Trinajstić information content (AvgIpc) is 2.56. The van der Waals surface area contributed by atoms with Crippen molar-refractivity contribution in [1.29, 1.82) is 0 Å². The number of rotatable bonds is 5. The minimum Gasteiger partial charge on any atom is -0.324 e. The molecule has 1 atom stereocenters. The summed E-state index contributed by atoms with van der Waals surface area (Å²) in [5.41, 5.74) is -0.316. The summed E-state index contributed by atoms with van der Waals surface area (Å²) in [7, 11) is 1.73. The fraction of sp³-hybridized carbons (Fsp3) is 0.278. The molecular weight excluding hydrogens is 433 g/mol. The number of carbonyl (C=O) groups is 1. The number of likely N-dealkylation sites (N-methyl/N-ethyl adjacent to an activating group) is 1. The van der Waals surface area contributed by atoms with E-state index < -0.39 is 23.7 Å². The Hall–Kier alpha value is -1.57. The molecule has 0 saturated carbocycles. The minimum atomic E-state index is -4.61. The summed E-state index contributed by atoms with van der Waals surface area (Å²) in [5.74, 6) is -0.535. The van der Waals surface area contributed by atoms with Crippen LogP contribution in [0.5, 0.6) is 0 Å². The number of hydrogen-bond donors (Lipinski definition) is 1. The zero-order chi connectivity index (χ0) is 19.5. The fourth-order valence-electron chi connectivity index (χ4n) is 2.33. The van der Waals surface area contributed by atoms with Crippen LogP contribution in [0.15, 0.2) is 46.9 Å². The van der Waals surface area contributed by atoms with E-state index in [0.717, 1.165) is 22.2 Å². The van der Waals surface area contributed by atoms with E-state index in [1.807, 2.05) is 24.3 Å². The lowest BCUT2D eigenvalue weighted by molar-refractivity contribution is -0.137. The standard InChI is InChI=1S/C18H17BrClF3N2O/c1-11(25(2)10-12-5-3-4-6-15(12)19)17(26)24-16-8-7-13(20)9-14(16)18(21,22)23/h3-9,11H,10H2,1-2H3,(H,24,26). The van der Waals surface area contributed by atoms with Crippen molar-refractivity contribution in [3.63, 3.8) is 0 Å². The summed E-state index contributed by atoms with van der Waals surface area (Å²) < 4.78 is 40.3. The van der Waals surface area contributed by atoms with Crippen LogP contribution in [0, 0.1) is 0 Å². The molecule has 0 fully saturated rings. The zero-order valence-corrected chi connectivity index (χ0v) is 16.4. The van der Waals surface area contributed by atoms with Crippen molar-refractivity contribution in [2.75, 3.05) is 12.4 Å². The molecule has 3 nitrogen and oxygen atoms in total. The van der Waals surface area contributed by atoms with Crippen LogP contribution in [-0.4, -0.2) is 23.9 Å². The fourth-order valence-corrected chi connectivity index (χ4v) is 2.91. The van der Waals surface area contributed by atoms with Gasteiger partial charge in [0.15, 0.2) is 0 Å². The van der Waals surface area contributed by atoms with Gasteiger partial charge in [-0.25, -0.2) is 0 Å². The van der Waals surface area contributed by atoms with Crippen molar-refractivity contribution in [2.45, 2.75) is 25.7 Å². The van der Waals surface area contributed by atoms with Gasteiger partial charge in [0.05, 0.1) is 17.3 Å². The van der Waals surface area contributed by atoms with Gasteiger partial charge >= 0.3 is 6.18 Å². The van der Waals surface area contributed by atoms with Gasteiger partial charge in [0.1, 0.15) is 0 Å². The molecule has 0 spiro atoms. The minimum absolute atomic E-state index is 0.0468. The Morgan fingerprint density at radius 2 is 1.92 bits per heavy atom. The van der Waals surface area contributed by atoms with Crippen molar-refractivity contribution >= 4 is 39.1 Å². The van der Waals surface area contributed by atoms with E-state index in [1.165, 1.54) is 6.07 Å². The average molecular weight is 450 g/mol. The Bertz CT molecular complexity index is 798. The quantitative estimate of drug-likeness (QED) is 0.646. The molecule has 1 unspecified atom stereocenters. The first-order chi connectivity index (χ1) is 12.1. The lowest BCUT2D eigenvalue weighted by atomic mass is 10.1. The number of nitrogens with zero attached hydrogens (tertiary/aromatic N) is 1. The Kier molecular flexibility index (Phi) is 6.71. The Labute approximate surface area is 163 Å². The van der Waals surface area contributed by atoms with Crippen LogP contribution in [0.4, 0.5) is 18.9 Å². The number of amides is 1. The topological polar surface area (TPSA) is 32.3 Å². The summed E-state index contributed by atoms with van der Waals surface area (Å²) in [5, 5.41) is 2.31. The summed E-state index contributed by atoms with van der Waals surface area (Å²) in [4.78, 5) is 14.2. The van der Waals surface area contributed by atoms with Crippen molar-refractivity contribution in [3.8, 4) is 0 Å². The molecule has 8 heteroatoms. The predicted octanol–water partition coefficient (Wildman–Crippen LogP) is 5.58. The van der Waals surface area contributed by atoms with Crippen LogP contribution in [0.2, 0.25) is 5.02 Å². The molecule has 1 amide bonds. The highest BCUT2D eigenvalue weighted by molar-refractivity contribution is 9.10. The van der Waals surface area contributed by atoms with Crippen LogP contribution < -0.4 is 5.32 Å². The maximum absolute atomic E-state index is 13.1. The first kappa shape index (κ1) is 20.7. The van der Waals surface area contributed by atoms with Crippen LogP contribution in [0.25, 0.3) is 0 Å². The van der Waals surface area contributed by atoms with Gasteiger partial charge < -0.3 is 5.32 Å². The maximum Gasteiger partial charge on any atom is 0.418 e. The molecule has 26 heavy (non-hydrogen) atoms. The molecule has 0 saturated heterocycles. The monoisotopic (exact) mass is 448 g/mol. The van der Waals surface area contributed by atoms with Crippen molar-refractivity contribution in [2.24, 2.45) is 0 Å². The number of benzene rings is 2. The summed E-state index contributed by atoms with van der Waals surface area (Å²) >= 11 is 9.09. The second kappa shape index (κ2) is 8.41. The van der Waals surface area contributed by atoms with E-state index >= 15 is 0 Å². The van der Waals surface area contributed by atoms with Crippen LogP contribution in [0.1, 0.15) is 18.1 Å². The normalized spacial score (nSPS) is 12.9. The number of alkyl halides is 3. The largest absolute Gasteiger partial charge is 0.418 e. The maximum atomic E-state index is 13.1. The number of nitrogens with one attached hydrogen (secondary N) is 1. The van der Waals surface area contributed by atoms with Gasteiger partial charge in [-0.2, -0.15) is 13.2 Å². The highest BCUT2D eigenvalue weighted by Crippen LogP contribution is 2.36. The van der Waals surface area contributed by atoms with Gasteiger partial charge in [-0.1, -0.05) is 45.7 Å². The molecule has 0 bridgehead atoms. The van der Waals surface area contributed by atoms with Gasteiger partial charge in [0, 0.05) is 16.0 Å². The molecule has 0 aliphatic carbocycles. The third-order valence-electron chi connectivity index (χ3n) is 3.96.